The Morgan fingerprint density at radius 3 is 2.68 bits per heavy atom. The second kappa shape index (κ2) is 7.13. The smallest absolute Gasteiger partial charge is 0.244 e. The third-order valence-corrected chi connectivity index (χ3v) is 3.81. The van der Waals surface area contributed by atoms with Crippen molar-refractivity contribution in [3.05, 3.63) is 42.2 Å². The van der Waals surface area contributed by atoms with E-state index in [0.717, 1.165) is 25.9 Å². The molecule has 0 aliphatic carbocycles. The summed E-state index contributed by atoms with van der Waals surface area (Å²) in [6.45, 7) is 2.27. The fourth-order valence-corrected chi connectivity index (χ4v) is 2.55. The molecule has 2 heterocycles. The Morgan fingerprint density at radius 2 is 2.00 bits per heavy atom. The van der Waals surface area contributed by atoms with Gasteiger partial charge in [-0.3, -0.25) is 4.79 Å². The zero-order chi connectivity index (χ0) is 15.2. The van der Waals surface area contributed by atoms with Gasteiger partial charge in [-0.15, -0.1) is 5.10 Å². The summed E-state index contributed by atoms with van der Waals surface area (Å²) >= 11 is 0. The zero-order valence-electron chi connectivity index (χ0n) is 12.3. The number of likely N-dealkylation sites (tertiary alicyclic amines) is 1. The summed E-state index contributed by atoms with van der Waals surface area (Å²) in [4.78, 5) is 14.0. The highest BCUT2D eigenvalue weighted by molar-refractivity contribution is 5.75. The summed E-state index contributed by atoms with van der Waals surface area (Å²) in [5.41, 5.74) is 1.18. The lowest BCUT2D eigenvalue weighted by molar-refractivity contribution is -0.134. The second-order valence-electron chi connectivity index (χ2n) is 5.38. The lowest BCUT2D eigenvalue weighted by Crippen LogP contribution is -2.42. The first-order valence-corrected chi connectivity index (χ1v) is 7.45. The molecule has 0 unspecified atom stereocenters. The molecule has 116 valence electrons. The largest absolute Gasteiger partial charge is 0.373 e. The molecule has 0 bridgehead atoms. The van der Waals surface area contributed by atoms with E-state index in [2.05, 4.69) is 27.7 Å². The molecule has 22 heavy (non-hydrogen) atoms. The van der Waals surface area contributed by atoms with Gasteiger partial charge in [0.2, 0.25) is 5.91 Å². The van der Waals surface area contributed by atoms with Crippen LogP contribution in [0.1, 0.15) is 18.4 Å². The Hall–Kier alpha value is -2.28. The van der Waals surface area contributed by atoms with Crippen LogP contribution >= 0.6 is 0 Å². The number of carbonyl (C=O) groups excluding carboxylic acids is 1. The first-order chi connectivity index (χ1) is 10.8. The van der Waals surface area contributed by atoms with Crippen LogP contribution in [0.4, 0.5) is 0 Å². The van der Waals surface area contributed by atoms with Crippen molar-refractivity contribution >= 4 is 5.91 Å². The van der Waals surface area contributed by atoms with Crippen LogP contribution < -0.4 is 0 Å². The van der Waals surface area contributed by atoms with Crippen molar-refractivity contribution in [1.82, 2.24) is 25.1 Å². The predicted octanol–water partition coefficient (Wildman–Crippen LogP) is 0.881. The van der Waals surface area contributed by atoms with Crippen molar-refractivity contribution in [2.45, 2.75) is 32.1 Å². The number of rotatable bonds is 5. The normalized spacial score (nSPS) is 15.9. The van der Waals surface area contributed by atoms with E-state index in [-0.39, 0.29) is 18.6 Å². The molecule has 1 aromatic carbocycles. The van der Waals surface area contributed by atoms with Crippen molar-refractivity contribution < 1.29 is 9.53 Å². The van der Waals surface area contributed by atoms with Crippen LogP contribution in [-0.2, 0) is 22.7 Å². The summed E-state index contributed by atoms with van der Waals surface area (Å²) in [6.07, 6.45) is 3.41. The van der Waals surface area contributed by atoms with E-state index in [0.29, 0.717) is 6.61 Å². The van der Waals surface area contributed by atoms with E-state index in [1.807, 2.05) is 23.1 Å². The number of carbonyl (C=O) groups is 1. The first kappa shape index (κ1) is 14.6. The molecule has 0 radical (unpaired) electrons. The van der Waals surface area contributed by atoms with Gasteiger partial charge in [-0.05, 0) is 28.8 Å². The van der Waals surface area contributed by atoms with Crippen LogP contribution in [0, 0.1) is 0 Å². The number of amides is 1. The summed E-state index contributed by atoms with van der Waals surface area (Å²) in [5.74, 6) is 0.0498. The maximum atomic E-state index is 12.1. The van der Waals surface area contributed by atoms with Gasteiger partial charge in [0.15, 0.2) is 0 Å². The highest BCUT2D eigenvalue weighted by Crippen LogP contribution is 2.16. The molecule has 1 fully saturated rings. The van der Waals surface area contributed by atoms with Gasteiger partial charge in [0, 0.05) is 13.1 Å². The molecule has 0 spiro atoms. The quantitative estimate of drug-likeness (QED) is 0.819. The van der Waals surface area contributed by atoms with Crippen LogP contribution in [0.3, 0.4) is 0 Å². The van der Waals surface area contributed by atoms with Crippen molar-refractivity contribution in [3.8, 4) is 0 Å². The first-order valence-electron chi connectivity index (χ1n) is 7.45. The van der Waals surface area contributed by atoms with Gasteiger partial charge < -0.3 is 9.64 Å². The summed E-state index contributed by atoms with van der Waals surface area (Å²) in [7, 11) is 0. The Balaban J connectivity index is 1.41. The predicted molar refractivity (Wildman–Crippen MR) is 78.7 cm³/mol. The highest BCUT2D eigenvalue weighted by atomic mass is 16.5. The molecular weight excluding hydrogens is 282 g/mol. The van der Waals surface area contributed by atoms with E-state index in [9.17, 15) is 4.79 Å². The molecule has 0 N–H and O–H groups in total. The number of hydrogen-bond donors (Lipinski definition) is 0. The van der Waals surface area contributed by atoms with E-state index in [4.69, 9.17) is 4.74 Å². The number of aromatic nitrogens is 4. The highest BCUT2D eigenvalue weighted by Gasteiger charge is 2.23. The third kappa shape index (κ3) is 3.88. The van der Waals surface area contributed by atoms with Gasteiger partial charge in [-0.2, -0.15) is 0 Å². The van der Waals surface area contributed by atoms with Crippen LogP contribution in [0.5, 0.6) is 0 Å². The van der Waals surface area contributed by atoms with Gasteiger partial charge >= 0.3 is 0 Å². The van der Waals surface area contributed by atoms with E-state index >= 15 is 0 Å². The SMILES string of the molecule is O=C(Cn1cnnn1)N1CCC(OCc2ccccc2)CC1. The Kier molecular flexibility index (Phi) is 4.75. The topological polar surface area (TPSA) is 73.1 Å². The minimum Gasteiger partial charge on any atom is -0.373 e. The maximum Gasteiger partial charge on any atom is 0.244 e. The van der Waals surface area contributed by atoms with E-state index in [1.54, 1.807) is 0 Å². The average molecular weight is 301 g/mol. The van der Waals surface area contributed by atoms with Crippen molar-refractivity contribution in [3.63, 3.8) is 0 Å². The van der Waals surface area contributed by atoms with Crippen LogP contribution in [0.15, 0.2) is 36.7 Å². The summed E-state index contributed by atoms with van der Waals surface area (Å²) in [6, 6.07) is 10.1. The van der Waals surface area contributed by atoms with Crippen LogP contribution in [0.2, 0.25) is 0 Å². The molecule has 1 aliphatic rings. The van der Waals surface area contributed by atoms with Gasteiger partial charge in [-0.1, -0.05) is 30.3 Å². The number of ether oxygens (including phenoxy) is 1. The van der Waals surface area contributed by atoms with Crippen LogP contribution in [0.25, 0.3) is 0 Å². The minimum absolute atomic E-state index is 0.0498. The monoisotopic (exact) mass is 301 g/mol. The zero-order valence-corrected chi connectivity index (χ0v) is 12.3. The number of tetrazole rings is 1. The number of piperidine rings is 1. The summed E-state index contributed by atoms with van der Waals surface area (Å²) < 4.78 is 7.37. The Labute approximate surface area is 128 Å². The van der Waals surface area contributed by atoms with Gasteiger partial charge in [0.05, 0.1) is 12.7 Å². The molecule has 1 amide bonds. The summed E-state index contributed by atoms with van der Waals surface area (Å²) in [5, 5.41) is 10.8. The molecule has 3 rings (SSSR count). The average Bonchev–Trinajstić information content (AvgIpc) is 3.07. The van der Waals surface area contributed by atoms with Gasteiger partial charge in [0.25, 0.3) is 0 Å². The maximum absolute atomic E-state index is 12.1. The molecule has 0 atom stereocenters. The number of nitrogens with zero attached hydrogens (tertiary/aromatic N) is 5. The molecule has 1 aliphatic heterocycles. The molecule has 7 heteroatoms. The fourth-order valence-electron chi connectivity index (χ4n) is 2.55. The molecule has 1 aromatic heterocycles. The lowest BCUT2D eigenvalue weighted by Gasteiger charge is -2.31. The number of hydrogen-bond acceptors (Lipinski definition) is 5. The van der Waals surface area contributed by atoms with Crippen molar-refractivity contribution in [2.75, 3.05) is 13.1 Å². The van der Waals surface area contributed by atoms with Crippen LogP contribution in [-0.4, -0.2) is 50.2 Å². The minimum atomic E-state index is 0.0498. The Bertz CT molecular complexity index is 579. The Morgan fingerprint density at radius 1 is 1.23 bits per heavy atom. The molecule has 1 saturated heterocycles. The molecule has 2 aromatic rings. The second-order valence-corrected chi connectivity index (χ2v) is 5.38. The van der Waals surface area contributed by atoms with Gasteiger partial charge in [-0.25, -0.2) is 4.68 Å². The molecule has 0 saturated carbocycles. The van der Waals surface area contributed by atoms with Crippen molar-refractivity contribution in [2.24, 2.45) is 0 Å². The van der Waals surface area contributed by atoms with E-state index < -0.39 is 0 Å². The van der Waals surface area contributed by atoms with E-state index in [1.165, 1.54) is 16.6 Å². The molecular formula is C15H19N5O2. The van der Waals surface area contributed by atoms with Crippen molar-refractivity contribution in [1.29, 1.82) is 0 Å². The van der Waals surface area contributed by atoms with Gasteiger partial charge in [0.1, 0.15) is 12.9 Å². The standard InChI is InChI=1S/C15H19N5O2/c21-15(10-20-12-16-17-18-20)19-8-6-14(7-9-19)22-11-13-4-2-1-3-5-13/h1-5,12,14H,6-11H2. The third-order valence-electron chi connectivity index (χ3n) is 3.81. The lowest BCUT2D eigenvalue weighted by atomic mass is 10.1. The number of benzene rings is 1. The fraction of sp³-hybridized carbons (Fsp3) is 0.467. The molecule has 7 nitrogen and oxygen atoms in total.